The lowest BCUT2D eigenvalue weighted by Crippen LogP contribution is -2.64. The SMILES string of the molecule is CCCCC/C=C\C/C=C\CCCCCCCCCC(=O)OC[C@H](COP(=O)(O)O[C@H]1C(O)C(O)C(O)[C@@H](OP(=O)(O)O)C1O)OC(=O)CCC/C=C\C/C=C\CC1OC1C/C=C\CCCCC. The van der Waals surface area contributed by atoms with Gasteiger partial charge in [0.2, 0.25) is 0 Å². The summed E-state index contributed by atoms with van der Waals surface area (Å²) in [6.07, 6.45) is 29.1. The number of hydrogen-bond donors (Lipinski definition) is 7. The molecule has 68 heavy (non-hydrogen) atoms. The van der Waals surface area contributed by atoms with E-state index in [-0.39, 0.29) is 25.0 Å². The van der Waals surface area contributed by atoms with Crippen molar-refractivity contribution >= 4 is 27.6 Å². The molecule has 392 valence electrons. The minimum absolute atomic E-state index is 0.0411. The zero-order valence-corrected chi connectivity index (χ0v) is 42.3. The molecule has 0 aromatic rings. The summed E-state index contributed by atoms with van der Waals surface area (Å²) in [5.74, 6) is -1.29. The van der Waals surface area contributed by atoms with Gasteiger partial charge in [-0.05, 0) is 83.5 Å². The number of carbonyl (C=O) groups is 2. The number of aliphatic hydroxyl groups excluding tert-OH is 4. The summed E-state index contributed by atoms with van der Waals surface area (Å²) in [5, 5.41) is 41.3. The van der Waals surface area contributed by atoms with Gasteiger partial charge in [-0.1, -0.05) is 132 Å². The molecule has 1 aliphatic carbocycles. The van der Waals surface area contributed by atoms with Crippen LogP contribution in [0.3, 0.4) is 0 Å². The molecule has 10 atom stereocenters. The van der Waals surface area contributed by atoms with Crippen LogP contribution in [0.15, 0.2) is 60.8 Å². The number of hydrogen-bond acceptors (Lipinski definition) is 14. The lowest BCUT2D eigenvalue weighted by Gasteiger charge is -2.43. The summed E-state index contributed by atoms with van der Waals surface area (Å²) in [5.41, 5.74) is 0. The van der Waals surface area contributed by atoms with Crippen LogP contribution in [-0.2, 0) is 46.5 Å². The number of esters is 2. The molecule has 2 aliphatic rings. The van der Waals surface area contributed by atoms with Crippen molar-refractivity contribution in [2.45, 2.75) is 223 Å². The Hall–Kier alpha value is -2.34. The molecule has 0 aromatic heterocycles. The Morgan fingerprint density at radius 2 is 0.985 bits per heavy atom. The number of rotatable bonds is 40. The Labute approximate surface area is 404 Å². The second-order valence-corrected chi connectivity index (χ2v) is 20.2. The minimum Gasteiger partial charge on any atom is -0.462 e. The normalized spacial score (nSPS) is 24.7. The molecule has 0 bridgehead atoms. The van der Waals surface area contributed by atoms with Crippen molar-refractivity contribution in [1.82, 2.24) is 0 Å². The maximum absolute atomic E-state index is 13.0. The van der Waals surface area contributed by atoms with Crippen LogP contribution in [0.1, 0.15) is 168 Å². The Kier molecular flexibility index (Phi) is 33.2. The van der Waals surface area contributed by atoms with E-state index in [0.717, 1.165) is 83.5 Å². The highest BCUT2D eigenvalue weighted by atomic mass is 31.2. The first-order valence-corrected chi connectivity index (χ1v) is 28.0. The average molecular weight is 1010 g/mol. The molecule has 2 rings (SSSR count). The van der Waals surface area contributed by atoms with Gasteiger partial charge in [-0.3, -0.25) is 23.2 Å². The van der Waals surface area contributed by atoms with Crippen molar-refractivity contribution in [3.8, 4) is 0 Å². The fraction of sp³-hybridized carbons (Fsp3) is 0.755. The third-order valence-corrected chi connectivity index (χ3v) is 13.0. The van der Waals surface area contributed by atoms with Gasteiger partial charge in [-0.25, -0.2) is 9.13 Å². The first-order valence-electron chi connectivity index (χ1n) is 25.0. The molecule has 1 saturated heterocycles. The molecular formula is C49H84O17P2. The van der Waals surface area contributed by atoms with Gasteiger partial charge in [0.15, 0.2) is 6.10 Å². The molecule has 17 nitrogen and oxygen atoms in total. The third-order valence-electron chi connectivity index (χ3n) is 11.5. The van der Waals surface area contributed by atoms with Crippen molar-refractivity contribution < 1.29 is 81.6 Å². The van der Waals surface area contributed by atoms with Crippen LogP contribution in [-0.4, -0.2) is 115 Å². The molecule has 2 fully saturated rings. The zero-order chi connectivity index (χ0) is 50.0. The smallest absolute Gasteiger partial charge is 0.462 e. The van der Waals surface area contributed by atoms with E-state index in [1.54, 1.807) is 0 Å². The highest BCUT2D eigenvalue weighted by molar-refractivity contribution is 7.47. The number of ether oxygens (including phenoxy) is 3. The molecule has 7 N–H and O–H groups in total. The molecular weight excluding hydrogens is 922 g/mol. The van der Waals surface area contributed by atoms with Gasteiger partial charge in [0, 0.05) is 12.8 Å². The molecule has 19 heteroatoms. The predicted molar refractivity (Wildman–Crippen MR) is 259 cm³/mol. The van der Waals surface area contributed by atoms with E-state index in [1.807, 2.05) is 12.2 Å². The van der Waals surface area contributed by atoms with E-state index in [4.69, 9.17) is 23.3 Å². The molecule has 7 unspecified atom stereocenters. The molecule has 0 spiro atoms. The molecule has 1 heterocycles. The summed E-state index contributed by atoms with van der Waals surface area (Å²) in [6.45, 7) is 3.00. The summed E-state index contributed by atoms with van der Waals surface area (Å²) in [4.78, 5) is 54.4. The van der Waals surface area contributed by atoms with Gasteiger partial charge >= 0.3 is 27.6 Å². The van der Waals surface area contributed by atoms with Crippen LogP contribution in [0.4, 0.5) is 0 Å². The number of unbranched alkanes of at least 4 members (excludes halogenated alkanes) is 14. The fourth-order valence-electron chi connectivity index (χ4n) is 7.44. The summed E-state index contributed by atoms with van der Waals surface area (Å²) < 4.78 is 55.1. The minimum atomic E-state index is -5.38. The van der Waals surface area contributed by atoms with Crippen LogP contribution in [0.5, 0.6) is 0 Å². The second kappa shape index (κ2) is 36.6. The third kappa shape index (κ3) is 29.8. The molecule has 0 radical (unpaired) electrons. The monoisotopic (exact) mass is 1010 g/mol. The summed E-state index contributed by atoms with van der Waals surface area (Å²) in [7, 11) is -10.7. The zero-order valence-electron chi connectivity index (χ0n) is 40.5. The van der Waals surface area contributed by atoms with Crippen molar-refractivity contribution in [2.75, 3.05) is 13.2 Å². The van der Waals surface area contributed by atoms with Gasteiger partial charge in [-0.15, -0.1) is 0 Å². The van der Waals surface area contributed by atoms with Gasteiger partial charge in [0.1, 0.15) is 43.2 Å². The van der Waals surface area contributed by atoms with Crippen LogP contribution in [0.25, 0.3) is 0 Å². The van der Waals surface area contributed by atoms with Gasteiger partial charge in [-0.2, -0.15) is 0 Å². The molecule has 1 aliphatic heterocycles. The lowest BCUT2D eigenvalue weighted by atomic mass is 9.85. The average Bonchev–Trinajstić information content (AvgIpc) is 4.05. The number of epoxide rings is 1. The first kappa shape index (κ1) is 61.8. The Balaban J connectivity index is 1.80. The van der Waals surface area contributed by atoms with E-state index in [1.165, 1.54) is 38.5 Å². The molecule has 0 amide bonds. The van der Waals surface area contributed by atoms with E-state index in [9.17, 15) is 53.8 Å². The second-order valence-electron chi connectivity index (χ2n) is 17.6. The summed E-state index contributed by atoms with van der Waals surface area (Å²) in [6, 6.07) is 0. The Bertz CT molecular complexity index is 1610. The van der Waals surface area contributed by atoms with E-state index in [2.05, 4.69) is 67.0 Å². The number of phosphoric ester groups is 2. The van der Waals surface area contributed by atoms with Gasteiger partial charge in [0.25, 0.3) is 0 Å². The van der Waals surface area contributed by atoms with E-state index < -0.39 is 83.5 Å². The van der Waals surface area contributed by atoms with Crippen molar-refractivity contribution in [3.05, 3.63) is 60.8 Å². The van der Waals surface area contributed by atoms with Gasteiger partial charge in [0.05, 0.1) is 18.8 Å². The largest absolute Gasteiger partial charge is 0.472 e. The van der Waals surface area contributed by atoms with Crippen molar-refractivity contribution in [1.29, 1.82) is 0 Å². The Morgan fingerprint density at radius 1 is 0.529 bits per heavy atom. The van der Waals surface area contributed by atoms with Crippen LogP contribution in [0, 0.1) is 0 Å². The maximum Gasteiger partial charge on any atom is 0.472 e. The quantitative estimate of drug-likeness (QED) is 0.00993. The standard InChI is InChI=1S/C49H84O17P2/c1-3-5-7-9-11-12-13-14-15-16-17-18-19-20-23-27-31-35-42(50)61-37-39(38-62-68(59,60)66-49-46(54)44(52)45(53)48(47(49)55)65-67(56,57)58)63-43(51)36-32-28-24-21-22-26-30-34-41-40(64-41)33-29-25-10-8-6-4-2/h11-12,14-15,21,24-26,29-30,39-41,44-49,52-55H,3-10,13,16-20,22-23,27-28,31-38H2,1-2H3,(H,59,60)(H2,56,57,58)/b12-11-,15-14-,24-21-,29-25-,30-26-/t39-,40?,41?,44?,45?,46?,47?,48-,49+/m1/s1. The highest BCUT2D eigenvalue weighted by Gasteiger charge is 2.54. The highest BCUT2D eigenvalue weighted by Crippen LogP contribution is 2.49. The topological polar surface area (TPSA) is 269 Å². The Morgan fingerprint density at radius 3 is 1.54 bits per heavy atom. The molecule has 0 aromatic carbocycles. The van der Waals surface area contributed by atoms with E-state index >= 15 is 0 Å². The number of aliphatic hydroxyl groups is 4. The van der Waals surface area contributed by atoms with Crippen LogP contribution < -0.4 is 0 Å². The van der Waals surface area contributed by atoms with Crippen molar-refractivity contribution in [2.24, 2.45) is 0 Å². The number of phosphoric acid groups is 2. The van der Waals surface area contributed by atoms with Gasteiger partial charge < -0.3 is 49.3 Å². The maximum atomic E-state index is 13.0. The van der Waals surface area contributed by atoms with Crippen LogP contribution >= 0.6 is 15.6 Å². The number of allylic oxidation sites excluding steroid dienone is 8. The first-order chi connectivity index (χ1) is 32.6. The lowest BCUT2D eigenvalue weighted by molar-refractivity contribution is -0.216. The number of carbonyl (C=O) groups excluding carboxylic acids is 2. The molecule has 1 saturated carbocycles. The summed E-state index contributed by atoms with van der Waals surface area (Å²) >= 11 is 0. The fourth-order valence-corrected chi connectivity index (χ4v) is 8.98. The van der Waals surface area contributed by atoms with E-state index in [0.29, 0.717) is 19.3 Å². The van der Waals surface area contributed by atoms with Crippen LogP contribution in [0.2, 0.25) is 0 Å². The predicted octanol–water partition coefficient (Wildman–Crippen LogP) is 8.83. The van der Waals surface area contributed by atoms with Crippen molar-refractivity contribution in [3.63, 3.8) is 0 Å².